The molecule has 22 heteroatoms. The molecule has 0 radical (unpaired) electrons. The Balaban J connectivity index is 3.27. The molecular formula is C57H104N10O12. The maximum absolute atomic E-state index is 14.2. The van der Waals surface area contributed by atoms with Gasteiger partial charge in [0, 0.05) is 44.4 Å². The molecule has 1 rings (SSSR count). The predicted octanol–water partition coefficient (Wildman–Crippen LogP) is 2.55. The lowest BCUT2D eigenvalue weighted by atomic mass is 9.92. The van der Waals surface area contributed by atoms with Gasteiger partial charge in [0.15, 0.2) is 0 Å². The number of Topliss-reactive ketones (excluding diaryl/α,β-unsaturated/α-hetero) is 1. The summed E-state index contributed by atoms with van der Waals surface area (Å²) in [6.07, 6.45) is 6.01. The third kappa shape index (κ3) is 24.2. The van der Waals surface area contributed by atoms with Gasteiger partial charge in [-0.3, -0.25) is 47.9 Å². The zero-order valence-corrected chi connectivity index (χ0v) is 50.8. The molecule has 0 aromatic rings. The van der Waals surface area contributed by atoms with Gasteiger partial charge in [-0.1, -0.05) is 93.9 Å². The summed E-state index contributed by atoms with van der Waals surface area (Å²) in [5.41, 5.74) is -4.64. The van der Waals surface area contributed by atoms with Crippen molar-refractivity contribution in [3.05, 3.63) is 0 Å². The molecule has 11 N–H and O–H groups in total. The summed E-state index contributed by atoms with van der Waals surface area (Å²) in [6, 6.07) is -5.98. The molecule has 1 aliphatic rings. The molecule has 0 aromatic heterocycles. The van der Waals surface area contributed by atoms with Gasteiger partial charge in [0.05, 0.1) is 12.7 Å². The first-order chi connectivity index (χ1) is 36.7. The quantitative estimate of drug-likeness (QED) is 0.0399. The summed E-state index contributed by atoms with van der Waals surface area (Å²) in [4.78, 5) is 138. The molecule has 22 nitrogen and oxygen atoms in total. The number of ketones is 1. The Morgan fingerprint density at radius 2 is 1.18 bits per heavy atom. The molecule has 0 bridgehead atoms. The molecule has 1 aliphatic heterocycles. The second-order valence-corrected chi connectivity index (χ2v) is 23.9. The smallest absolute Gasteiger partial charge is 0.246 e. The Morgan fingerprint density at radius 1 is 0.620 bits per heavy atom. The van der Waals surface area contributed by atoms with Crippen molar-refractivity contribution in [3.63, 3.8) is 0 Å². The highest BCUT2D eigenvalue weighted by Gasteiger charge is 2.42. The molecule has 9 amide bonds. The fourth-order valence-electron chi connectivity index (χ4n) is 9.15. The number of rotatable bonds is 37. The predicted molar refractivity (Wildman–Crippen MR) is 304 cm³/mol. The molecule has 454 valence electrons. The van der Waals surface area contributed by atoms with Crippen molar-refractivity contribution in [1.82, 2.24) is 52.8 Å². The van der Waals surface area contributed by atoms with E-state index in [0.29, 0.717) is 51.7 Å². The van der Waals surface area contributed by atoms with Gasteiger partial charge in [-0.15, -0.1) is 0 Å². The molecule has 0 spiro atoms. The Kier molecular flexibility index (Phi) is 31.0. The monoisotopic (exact) mass is 1120 g/mol. The van der Waals surface area contributed by atoms with Crippen LogP contribution in [0.1, 0.15) is 194 Å². The molecule has 1 heterocycles. The van der Waals surface area contributed by atoms with Crippen LogP contribution in [-0.4, -0.2) is 159 Å². The van der Waals surface area contributed by atoms with E-state index in [1.165, 1.54) is 48.5 Å². The average Bonchev–Trinajstić information content (AvgIpc) is 3.87. The number of carbonyl (C=O) groups excluding carboxylic acids is 10. The molecule has 0 saturated carbocycles. The number of hydrogen-bond acceptors (Lipinski definition) is 13. The Morgan fingerprint density at radius 3 is 1.75 bits per heavy atom. The van der Waals surface area contributed by atoms with Gasteiger partial charge in [0.2, 0.25) is 53.2 Å². The van der Waals surface area contributed by atoms with E-state index in [2.05, 4.69) is 54.8 Å². The summed E-state index contributed by atoms with van der Waals surface area (Å²) in [5.74, 6) is -7.12. The van der Waals surface area contributed by atoms with E-state index in [1.807, 2.05) is 20.8 Å². The lowest BCUT2D eigenvalue weighted by Crippen LogP contribution is -2.66. The minimum atomic E-state index is -1.67. The minimum absolute atomic E-state index is 0.0296. The average molecular weight is 1120 g/mol. The van der Waals surface area contributed by atoms with Gasteiger partial charge >= 0.3 is 0 Å². The first-order valence-corrected chi connectivity index (χ1v) is 29.0. The van der Waals surface area contributed by atoms with E-state index < -0.39 is 112 Å². The Hall–Kier alpha value is -5.22. The van der Waals surface area contributed by atoms with E-state index in [9.17, 15) is 53.1 Å². The SMILES string of the molecule is CCCCCC[C@H](C)C(=O)N1CCC[C@H]1C(=O)N[C@@H](C[C@H](C)C[C@H](O)CC(=O)CC)C(=O)N[C@@H](C)C(=O)NC(C)(C)C(=O)N[C@H](C(=O)N[C@H](C(=O)NC(C)(C)C(=O)NC(C)(C)C(=O)N[C@@H](C)CNCCO)[C@@H](C)CC)[C@@H](C)CC. The second-order valence-electron chi connectivity index (χ2n) is 23.9. The molecular weight excluding hydrogens is 1020 g/mol. The van der Waals surface area contributed by atoms with Gasteiger partial charge in [-0.25, -0.2) is 0 Å². The van der Waals surface area contributed by atoms with Crippen molar-refractivity contribution in [2.75, 3.05) is 26.2 Å². The van der Waals surface area contributed by atoms with Crippen LogP contribution in [0.15, 0.2) is 0 Å². The summed E-state index contributed by atoms with van der Waals surface area (Å²) in [6.45, 7) is 27.6. The highest BCUT2D eigenvalue weighted by Crippen LogP contribution is 2.24. The molecule has 0 aromatic carbocycles. The number of carbonyl (C=O) groups is 10. The lowest BCUT2D eigenvalue weighted by molar-refractivity contribution is -0.142. The van der Waals surface area contributed by atoms with Crippen LogP contribution < -0.4 is 47.9 Å². The number of hydrogen-bond donors (Lipinski definition) is 11. The highest BCUT2D eigenvalue weighted by atomic mass is 16.3. The second kappa shape index (κ2) is 34.2. The van der Waals surface area contributed by atoms with Crippen molar-refractivity contribution in [2.24, 2.45) is 23.7 Å². The van der Waals surface area contributed by atoms with Crippen LogP contribution in [0.25, 0.3) is 0 Å². The number of amides is 9. The van der Waals surface area contributed by atoms with Gasteiger partial charge < -0.3 is 63.0 Å². The van der Waals surface area contributed by atoms with Gasteiger partial charge in [0.1, 0.15) is 52.6 Å². The van der Waals surface area contributed by atoms with Gasteiger partial charge in [-0.05, 0) is 105 Å². The molecule has 0 unspecified atom stereocenters. The number of aliphatic hydroxyl groups excluding tert-OH is 2. The zero-order valence-electron chi connectivity index (χ0n) is 50.8. The van der Waals surface area contributed by atoms with Crippen molar-refractivity contribution in [1.29, 1.82) is 0 Å². The topological polar surface area (TPSA) is 323 Å². The van der Waals surface area contributed by atoms with Crippen molar-refractivity contribution in [3.8, 4) is 0 Å². The van der Waals surface area contributed by atoms with E-state index >= 15 is 0 Å². The third-order valence-corrected chi connectivity index (χ3v) is 15.0. The van der Waals surface area contributed by atoms with Gasteiger partial charge in [-0.2, -0.15) is 0 Å². The van der Waals surface area contributed by atoms with E-state index in [1.54, 1.807) is 39.5 Å². The molecule has 0 aliphatic carbocycles. The van der Waals surface area contributed by atoms with Crippen LogP contribution in [0.2, 0.25) is 0 Å². The summed E-state index contributed by atoms with van der Waals surface area (Å²) in [5, 5.41) is 44.7. The Bertz CT molecular complexity index is 2030. The number of unbranched alkanes of at least 4 members (excludes halogenated alkanes) is 3. The molecule has 1 saturated heterocycles. The number of aliphatic hydroxyl groups is 2. The maximum atomic E-state index is 14.2. The fourth-order valence-corrected chi connectivity index (χ4v) is 9.15. The van der Waals surface area contributed by atoms with Crippen molar-refractivity contribution < 1.29 is 58.2 Å². The van der Waals surface area contributed by atoms with Crippen LogP contribution in [0.4, 0.5) is 0 Å². The number of nitrogens with zero attached hydrogens (tertiary/aromatic N) is 1. The van der Waals surface area contributed by atoms with Crippen LogP contribution in [0, 0.1) is 23.7 Å². The molecule has 79 heavy (non-hydrogen) atoms. The number of likely N-dealkylation sites (tertiary alicyclic amines) is 1. The first-order valence-electron chi connectivity index (χ1n) is 29.0. The largest absolute Gasteiger partial charge is 0.395 e. The highest BCUT2D eigenvalue weighted by molar-refractivity contribution is 6.00. The van der Waals surface area contributed by atoms with Crippen molar-refractivity contribution >= 4 is 58.9 Å². The van der Waals surface area contributed by atoms with Crippen LogP contribution >= 0.6 is 0 Å². The third-order valence-electron chi connectivity index (χ3n) is 15.0. The van der Waals surface area contributed by atoms with E-state index in [0.717, 1.165) is 25.7 Å². The fraction of sp³-hybridized carbons (Fsp3) is 0.825. The summed E-state index contributed by atoms with van der Waals surface area (Å²) in [7, 11) is 0. The van der Waals surface area contributed by atoms with Gasteiger partial charge in [0.25, 0.3) is 0 Å². The van der Waals surface area contributed by atoms with Crippen molar-refractivity contribution in [2.45, 2.75) is 253 Å². The summed E-state index contributed by atoms with van der Waals surface area (Å²) >= 11 is 0. The summed E-state index contributed by atoms with van der Waals surface area (Å²) < 4.78 is 0. The minimum Gasteiger partial charge on any atom is -0.395 e. The molecule has 1 fully saturated rings. The zero-order chi connectivity index (χ0) is 60.6. The van der Waals surface area contributed by atoms with Crippen LogP contribution in [0.5, 0.6) is 0 Å². The molecule has 11 atom stereocenters. The standard InChI is InChI=1S/C57H104N10O12/c1-17-21-22-23-25-37(8)51(76)67-28-24-26-43(67)48(73)61-42(31-34(5)30-41(70)32-40(69)20-4)47(72)60-39(10)46(71)64-55(11,12)53(78)63-44(35(6)18-2)49(74)62-45(36(7)19-3)50(75)65-57(15,16)54(79)66-56(13,14)52(77)59-38(9)33-58-27-29-68/h34-39,41-45,58,68,70H,17-33H2,1-16H3,(H,59,77)(H,60,72)(H,61,73)(H,62,74)(H,63,78)(H,64,71)(H,65,75)(H,66,79)/t34-,35+,36+,37+,38+,39+,41+,42+,43+,44+,45+/m1/s1. The maximum Gasteiger partial charge on any atom is 0.246 e. The normalized spacial score (nSPS) is 17.7. The van der Waals surface area contributed by atoms with E-state index in [4.69, 9.17) is 5.11 Å². The van der Waals surface area contributed by atoms with Crippen LogP contribution in [0.3, 0.4) is 0 Å². The number of nitrogens with one attached hydrogen (secondary N) is 9. The van der Waals surface area contributed by atoms with Crippen LogP contribution in [-0.2, 0) is 47.9 Å². The lowest BCUT2D eigenvalue weighted by Gasteiger charge is -2.35. The Labute approximate surface area is 471 Å². The first kappa shape index (κ1) is 71.8. The van der Waals surface area contributed by atoms with E-state index in [-0.39, 0.29) is 61.9 Å².